The van der Waals surface area contributed by atoms with Crippen molar-refractivity contribution in [3.8, 4) is 0 Å². The van der Waals surface area contributed by atoms with Crippen LogP contribution in [0.15, 0.2) is 48.5 Å². The highest BCUT2D eigenvalue weighted by atomic mass is 17.3. The number of nitrogens with zero attached hydrogens (tertiary/aromatic N) is 2. The van der Waals surface area contributed by atoms with E-state index < -0.39 is 81.9 Å². The van der Waals surface area contributed by atoms with Crippen LogP contribution in [0.5, 0.6) is 0 Å². The lowest BCUT2D eigenvalue weighted by Crippen LogP contribution is -2.70. The van der Waals surface area contributed by atoms with E-state index in [1.807, 2.05) is 13.8 Å². The molecule has 0 N–H and O–H groups in total. The van der Waals surface area contributed by atoms with Gasteiger partial charge in [0, 0.05) is 60.8 Å². The van der Waals surface area contributed by atoms with Crippen molar-refractivity contribution in [2.24, 2.45) is 47.3 Å². The number of hydrogen-bond donors (Lipinski definition) is 0. The smallest absolute Gasteiger partial charge is 0.308 e. The van der Waals surface area contributed by atoms with Crippen LogP contribution in [-0.4, -0.2) is 82.9 Å². The molecule has 2 spiro atoms. The zero-order valence-corrected chi connectivity index (χ0v) is 42.4. The molecule has 18 atom stereocenters. The maximum atomic E-state index is 12.4. The number of carbonyl (C=O) groups is 2. The Kier molecular flexibility index (Phi) is 15.2. The molecule has 8 saturated heterocycles. The van der Waals surface area contributed by atoms with E-state index in [2.05, 4.69) is 27.7 Å². The van der Waals surface area contributed by atoms with Gasteiger partial charge < -0.3 is 37.9 Å². The highest BCUT2D eigenvalue weighted by Crippen LogP contribution is 2.63. The summed E-state index contributed by atoms with van der Waals surface area (Å²) in [5.41, 5.74) is -0.222. The van der Waals surface area contributed by atoms with Gasteiger partial charge in [-0.1, -0.05) is 27.7 Å². The van der Waals surface area contributed by atoms with Crippen LogP contribution in [0.4, 0.5) is 11.4 Å². The number of fused-ring (bicyclic) bond motifs is 4. The molecule has 10 aliphatic rings. The van der Waals surface area contributed by atoms with Gasteiger partial charge in [-0.05, 0) is 125 Å². The quantitative estimate of drug-likeness (QED) is 0.0741. The van der Waals surface area contributed by atoms with E-state index in [1.54, 1.807) is 38.1 Å². The van der Waals surface area contributed by atoms with Crippen molar-refractivity contribution >= 4 is 23.3 Å². The average molecular weight is 1010 g/mol. The molecule has 2 aromatic carbocycles. The zero-order chi connectivity index (χ0) is 51.3. The van der Waals surface area contributed by atoms with E-state index in [0.29, 0.717) is 35.8 Å². The lowest BCUT2D eigenvalue weighted by atomic mass is 9.58. The molecule has 2 aromatic rings. The van der Waals surface area contributed by atoms with Crippen molar-refractivity contribution in [1.82, 2.24) is 0 Å². The SMILES string of the molecule is CCOC(=O)C[C@H](O[C@H]1O[C@@H]2O[C@@]3(C)CC[C@H]4[C@H](C)CC[C@@H]([C@H]1C)[C@@]24OO3)c1ccc([N+](=O)[O-])cc1.CCOC(=O)C[C@H](O[C@H]1O[C@@H]2O[C@@]3(C)CC[C@H]4[C@H](C)CC[C@@H]([C@H]1C)[C@@]24OO3)c1ccc([N+](=O)[O-])cc1. The molecule has 8 aliphatic heterocycles. The van der Waals surface area contributed by atoms with Gasteiger partial charge in [0.1, 0.15) is 0 Å². The van der Waals surface area contributed by atoms with Crippen LogP contribution in [0.3, 0.4) is 0 Å². The Hall–Kier alpha value is -4.22. The normalized spacial score (nSPS) is 40.1. The van der Waals surface area contributed by atoms with E-state index in [0.717, 1.165) is 38.5 Å². The van der Waals surface area contributed by atoms with Gasteiger partial charge in [-0.15, -0.1) is 0 Å². The number of nitro benzene ring substituents is 2. The predicted molar refractivity (Wildman–Crippen MR) is 250 cm³/mol. The summed E-state index contributed by atoms with van der Waals surface area (Å²) in [6, 6.07) is 12.1. The van der Waals surface area contributed by atoms with Crippen LogP contribution in [0, 0.1) is 67.6 Å². The molecule has 0 aromatic heterocycles. The largest absolute Gasteiger partial charge is 0.466 e. The lowest BCUT2D eigenvalue weighted by Gasteiger charge is -2.60. The monoisotopic (exact) mass is 1010 g/mol. The van der Waals surface area contributed by atoms with E-state index in [9.17, 15) is 29.8 Å². The molecule has 0 amide bonds. The van der Waals surface area contributed by atoms with Gasteiger partial charge in [0.2, 0.25) is 11.6 Å². The second-order valence-corrected chi connectivity index (χ2v) is 21.5. The van der Waals surface area contributed by atoms with Gasteiger partial charge in [-0.2, -0.15) is 0 Å². The number of nitro groups is 2. The molecule has 0 unspecified atom stereocenters. The van der Waals surface area contributed by atoms with Gasteiger partial charge >= 0.3 is 11.9 Å². The maximum Gasteiger partial charge on any atom is 0.308 e. The molecule has 2 saturated carbocycles. The maximum absolute atomic E-state index is 12.4. The number of non-ortho nitro benzene ring substituents is 2. The fraction of sp³-hybridized carbons (Fsp3) is 0.731. The second kappa shape index (κ2) is 20.8. The zero-order valence-electron chi connectivity index (χ0n) is 42.4. The molecule has 12 rings (SSSR count). The number of benzene rings is 2. The molecule has 72 heavy (non-hydrogen) atoms. The molecule has 396 valence electrons. The minimum Gasteiger partial charge on any atom is -0.466 e. The molecule has 10 fully saturated rings. The summed E-state index contributed by atoms with van der Waals surface area (Å²) in [5.74, 6) is -1.27. The molecule has 4 bridgehead atoms. The third-order valence-electron chi connectivity index (χ3n) is 17.1. The Bertz CT molecular complexity index is 2130. The third kappa shape index (κ3) is 9.81. The van der Waals surface area contributed by atoms with E-state index in [1.165, 1.54) is 24.3 Å². The van der Waals surface area contributed by atoms with E-state index >= 15 is 0 Å². The van der Waals surface area contributed by atoms with Crippen LogP contribution in [0.1, 0.15) is 143 Å². The van der Waals surface area contributed by atoms with Crippen LogP contribution in [-0.2, 0) is 67.0 Å². The van der Waals surface area contributed by atoms with Gasteiger partial charge in [0.15, 0.2) is 36.4 Å². The minimum atomic E-state index is -0.897. The number of esters is 2. The van der Waals surface area contributed by atoms with Gasteiger partial charge in [-0.3, -0.25) is 29.8 Å². The standard InChI is InChI=1S/2C26H35NO9/c2*1-5-31-22(28)14-21(17-7-9-18(10-8-17)27(29)30)32-23-16(3)20-11-6-15(2)19-12-13-25(4)34-24(33-23)26(19,20)36-35-25/h2*7-10,15-16,19-21,23-24H,5-6,11-14H2,1-4H3/t2*15-,16-,19+,20+,21+,23+,24-,25-,26-/m11/s1. The first-order valence-electron chi connectivity index (χ1n) is 25.8. The van der Waals surface area contributed by atoms with Crippen LogP contribution < -0.4 is 0 Å². The third-order valence-corrected chi connectivity index (χ3v) is 17.1. The predicted octanol–water partition coefficient (Wildman–Crippen LogP) is 9.63. The summed E-state index contributed by atoms with van der Waals surface area (Å²) in [4.78, 5) is 70.3. The van der Waals surface area contributed by atoms with Crippen LogP contribution in [0.25, 0.3) is 0 Å². The Morgan fingerprint density at radius 3 is 1.31 bits per heavy atom. The Morgan fingerprint density at radius 1 is 0.583 bits per heavy atom. The van der Waals surface area contributed by atoms with Crippen LogP contribution >= 0.6 is 0 Å². The van der Waals surface area contributed by atoms with Crippen LogP contribution in [0.2, 0.25) is 0 Å². The number of rotatable bonds is 14. The fourth-order valence-corrected chi connectivity index (χ4v) is 13.2. The molecule has 2 aliphatic carbocycles. The first-order chi connectivity index (χ1) is 34.3. The van der Waals surface area contributed by atoms with Crippen molar-refractivity contribution in [2.75, 3.05) is 13.2 Å². The van der Waals surface area contributed by atoms with E-state index in [-0.39, 0.29) is 72.9 Å². The molecule has 0 radical (unpaired) electrons. The Balaban J connectivity index is 0.000000178. The highest BCUT2D eigenvalue weighted by Gasteiger charge is 2.71. The van der Waals surface area contributed by atoms with Gasteiger partial charge in [-0.25, -0.2) is 19.6 Å². The first-order valence-corrected chi connectivity index (χ1v) is 25.8. The number of ether oxygens (including phenoxy) is 8. The van der Waals surface area contributed by atoms with Crippen molar-refractivity contribution in [1.29, 1.82) is 0 Å². The molecule has 8 heterocycles. The first kappa shape index (κ1) is 52.6. The van der Waals surface area contributed by atoms with Gasteiger partial charge in [0.05, 0.1) is 48.1 Å². The fourth-order valence-electron chi connectivity index (χ4n) is 13.2. The summed E-state index contributed by atoms with van der Waals surface area (Å²) in [5, 5.41) is 22.2. The minimum absolute atomic E-state index is 0.0338. The average Bonchev–Trinajstić information content (AvgIpc) is 3.73. The molecular weight excluding hydrogens is 941 g/mol. The topological polar surface area (TPSA) is 231 Å². The number of carbonyl (C=O) groups excluding carboxylic acids is 2. The second-order valence-electron chi connectivity index (χ2n) is 21.5. The summed E-state index contributed by atoms with van der Waals surface area (Å²) < 4.78 is 49.1. The summed E-state index contributed by atoms with van der Waals surface area (Å²) >= 11 is 0. The van der Waals surface area contributed by atoms with Crippen molar-refractivity contribution in [3.63, 3.8) is 0 Å². The summed E-state index contributed by atoms with van der Waals surface area (Å²) in [7, 11) is 0. The Labute approximate surface area is 419 Å². The van der Waals surface area contributed by atoms with Crippen molar-refractivity contribution < 1.29 is 76.9 Å². The molecular formula is C52H70N2O18. The van der Waals surface area contributed by atoms with Gasteiger partial charge in [0.25, 0.3) is 11.4 Å². The summed E-state index contributed by atoms with van der Waals surface area (Å²) in [6.07, 6.45) is 3.05. The molecule has 20 heteroatoms. The number of hydrogen-bond acceptors (Lipinski definition) is 18. The summed E-state index contributed by atoms with van der Waals surface area (Å²) in [6.45, 7) is 16.4. The van der Waals surface area contributed by atoms with Crippen molar-refractivity contribution in [2.45, 2.75) is 180 Å². The van der Waals surface area contributed by atoms with Crippen molar-refractivity contribution in [3.05, 3.63) is 79.9 Å². The molecule has 20 nitrogen and oxygen atoms in total. The Morgan fingerprint density at radius 2 is 0.958 bits per heavy atom. The van der Waals surface area contributed by atoms with E-state index in [4.69, 9.17) is 57.4 Å². The highest BCUT2D eigenvalue weighted by molar-refractivity contribution is 5.70. The lowest BCUT2D eigenvalue weighted by molar-refractivity contribution is -0.578.